The van der Waals surface area contributed by atoms with Crippen LogP contribution in [0.2, 0.25) is 0 Å². The van der Waals surface area contributed by atoms with Crippen molar-refractivity contribution in [2.75, 3.05) is 11.1 Å². The standard InChI is InChI=1S/C21H19N3O4S/c1-21(2)8-16-15(17(25)9-21)7-13(10-22)19(24-16)29-11-18(26)23-14-5-3-12(4-6-14)20(27)28/h3-7H,8-9,11H2,1-2H3,(H,23,26)(H,27,28)/p-1. The number of Topliss-reactive ketones (excluding diaryl/α,β-unsaturated/α-hetero) is 1. The maximum absolute atomic E-state index is 12.4. The third-order valence-electron chi connectivity index (χ3n) is 4.52. The molecule has 0 atom stereocenters. The number of rotatable bonds is 5. The molecule has 2 aromatic rings. The van der Waals surface area contributed by atoms with Gasteiger partial charge in [-0.05, 0) is 35.6 Å². The summed E-state index contributed by atoms with van der Waals surface area (Å²) in [5.41, 5.74) is 1.70. The highest BCUT2D eigenvalue weighted by molar-refractivity contribution is 8.00. The first-order chi connectivity index (χ1) is 13.7. The molecule has 0 unspecified atom stereocenters. The number of carbonyl (C=O) groups excluding carboxylic acids is 3. The fraction of sp³-hybridized carbons (Fsp3) is 0.286. The number of pyridine rings is 1. The molecular weight excluding hydrogens is 390 g/mol. The van der Waals surface area contributed by atoms with Gasteiger partial charge in [0, 0.05) is 17.7 Å². The fourth-order valence-corrected chi connectivity index (χ4v) is 3.94. The Morgan fingerprint density at radius 1 is 1.28 bits per heavy atom. The summed E-state index contributed by atoms with van der Waals surface area (Å²) in [4.78, 5) is 39.8. The van der Waals surface area contributed by atoms with E-state index in [9.17, 15) is 24.8 Å². The lowest BCUT2D eigenvalue weighted by atomic mass is 9.75. The van der Waals surface area contributed by atoms with Crippen molar-refractivity contribution in [1.82, 2.24) is 4.98 Å². The van der Waals surface area contributed by atoms with E-state index in [1.54, 1.807) is 6.07 Å². The van der Waals surface area contributed by atoms with E-state index in [-0.39, 0.29) is 34.0 Å². The molecule has 1 N–H and O–H groups in total. The molecule has 0 spiro atoms. The normalized spacial score (nSPS) is 14.6. The molecule has 29 heavy (non-hydrogen) atoms. The maximum atomic E-state index is 12.4. The molecule has 1 heterocycles. The largest absolute Gasteiger partial charge is 0.545 e. The Kier molecular flexibility index (Phi) is 5.71. The van der Waals surface area contributed by atoms with Gasteiger partial charge in [0.25, 0.3) is 0 Å². The van der Waals surface area contributed by atoms with Gasteiger partial charge < -0.3 is 15.2 Å². The number of nitrogens with zero attached hydrogens (tertiary/aromatic N) is 2. The van der Waals surface area contributed by atoms with Crippen LogP contribution in [0.25, 0.3) is 0 Å². The first-order valence-electron chi connectivity index (χ1n) is 8.90. The van der Waals surface area contributed by atoms with Crippen LogP contribution in [-0.4, -0.2) is 28.4 Å². The molecule has 148 valence electrons. The molecule has 0 fully saturated rings. The zero-order valence-electron chi connectivity index (χ0n) is 15.9. The Morgan fingerprint density at radius 2 is 1.97 bits per heavy atom. The van der Waals surface area contributed by atoms with Crippen LogP contribution in [0, 0.1) is 16.7 Å². The summed E-state index contributed by atoms with van der Waals surface area (Å²) in [6, 6.07) is 9.25. The van der Waals surface area contributed by atoms with Crippen LogP contribution >= 0.6 is 11.8 Å². The number of hydrogen-bond donors (Lipinski definition) is 1. The van der Waals surface area contributed by atoms with E-state index in [1.165, 1.54) is 24.3 Å². The van der Waals surface area contributed by atoms with Gasteiger partial charge in [0.15, 0.2) is 5.78 Å². The second-order valence-corrected chi connectivity index (χ2v) is 8.55. The third-order valence-corrected chi connectivity index (χ3v) is 5.51. The molecule has 0 saturated carbocycles. The Morgan fingerprint density at radius 3 is 2.59 bits per heavy atom. The first kappa shape index (κ1) is 20.6. The molecule has 0 bridgehead atoms. The van der Waals surface area contributed by atoms with Gasteiger partial charge in [-0.25, -0.2) is 4.98 Å². The molecule has 7 nitrogen and oxygen atoms in total. The Balaban J connectivity index is 1.71. The number of carboxylic acid groups (broad SMARTS) is 1. The summed E-state index contributed by atoms with van der Waals surface area (Å²) in [6.07, 6.45) is 1.04. The Bertz CT molecular complexity index is 1040. The van der Waals surface area contributed by atoms with Crippen LogP contribution in [0.3, 0.4) is 0 Å². The average molecular weight is 408 g/mol. The van der Waals surface area contributed by atoms with E-state index in [2.05, 4.69) is 10.3 Å². The summed E-state index contributed by atoms with van der Waals surface area (Å²) < 4.78 is 0. The summed E-state index contributed by atoms with van der Waals surface area (Å²) in [5.74, 6) is -1.62. The minimum Gasteiger partial charge on any atom is -0.545 e. The zero-order chi connectivity index (χ0) is 21.2. The van der Waals surface area contributed by atoms with Crippen LogP contribution in [0.4, 0.5) is 5.69 Å². The predicted molar refractivity (Wildman–Crippen MR) is 106 cm³/mol. The van der Waals surface area contributed by atoms with E-state index in [0.29, 0.717) is 34.8 Å². The molecule has 1 aromatic carbocycles. The number of ketones is 1. The van der Waals surface area contributed by atoms with Crippen LogP contribution in [0.15, 0.2) is 35.4 Å². The lowest BCUT2D eigenvalue weighted by Crippen LogP contribution is -2.28. The molecule has 1 aliphatic carbocycles. The summed E-state index contributed by atoms with van der Waals surface area (Å²) in [5, 5.41) is 23.2. The smallest absolute Gasteiger partial charge is 0.234 e. The highest BCUT2D eigenvalue weighted by Gasteiger charge is 2.32. The van der Waals surface area contributed by atoms with Crippen LogP contribution in [-0.2, 0) is 11.2 Å². The van der Waals surface area contributed by atoms with Gasteiger partial charge in [-0.1, -0.05) is 37.7 Å². The van der Waals surface area contributed by atoms with E-state index in [4.69, 9.17) is 0 Å². The van der Waals surface area contributed by atoms with Gasteiger partial charge in [0.05, 0.1) is 23.0 Å². The van der Waals surface area contributed by atoms with E-state index in [1.807, 2.05) is 19.9 Å². The van der Waals surface area contributed by atoms with Gasteiger partial charge >= 0.3 is 0 Å². The van der Waals surface area contributed by atoms with Crippen LogP contribution in [0.1, 0.15) is 52.2 Å². The molecule has 8 heteroatoms. The molecule has 0 aliphatic heterocycles. The van der Waals surface area contributed by atoms with Gasteiger partial charge in [0.2, 0.25) is 5.91 Å². The number of carboxylic acids is 1. The van der Waals surface area contributed by atoms with Crippen molar-refractivity contribution in [3.8, 4) is 6.07 Å². The van der Waals surface area contributed by atoms with Gasteiger partial charge in [-0.15, -0.1) is 0 Å². The number of nitriles is 1. The zero-order valence-corrected chi connectivity index (χ0v) is 16.8. The number of aromatic nitrogens is 1. The third kappa shape index (κ3) is 4.81. The van der Waals surface area contributed by atoms with Crippen molar-refractivity contribution >= 4 is 35.1 Å². The highest BCUT2D eigenvalue weighted by Crippen LogP contribution is 2.35. The van der Waals surface area contributed by atoms with Crippen LogP contribution < -0.4 is 10.4 Å². The predicted octanol–water partition coefficient (Wildman–Crippen LogP) is 2.20. The number of amides is 1. The Hall–Kier alpha value is -3.18. The summed E-state index contributed by atoms with van der Waals surface area (Å²) >= 11 is 1.12. The number of carbonyl (C=O) groups is 3. The van der Waals surface area contributed by atoms with Crippen molar-refractivity contribution < 1.29 is 19.5 Å². The Labute approximate surface area is 172 Å². The molecule has 1 aliphatic rings. The van der Waals surface area contributed by atoms with Gasteiger partial charge in [-0.2, -0.15) is 5.26 Å². The second kappa shape index (κ2) is 8.05. The minimum absolute atomic E-state index is 0.0139. The van der Waals surface area contributed by atoms with Crippen molar-refractivity contribution in [3.05, 3.63) is 52.7 Å². The minimum atomic E-state index is -1.29. The number of benzene rings is 1. The van der Waals surface area contributed by atoms with E-state index in [0.717, 1.165) is 11.8 Å². The maximum Gasteiger partial charge on any atom is 0.234 e. The topological polar surface area (TPSA) is 123 Å². The second-order valence-electron chi connectivity index (χ2n) is 7.59. The quantitative estimate of drug-likeness (QED) is 0.752. The monoisotopic (exact) mass is 408 g/mol. The fourth-order valence-electron chi connectivity index (χ4n) is 3.16. The molecule has 1 amide bonds. The molecule has 0 radical (unpaired) electrons. The SMILES string of the molecule is CC1(C)CC(=O)c2cc(C#N)c(SCC(=O)Nc3ccc(C(=O)[O-])cc3)nc2C1. The number of anilines is 1. The van der Waals surface area contributed by atoms with E-state index < -0.39 is 5.97 Å². The number of aromatic carboxylic acids is 1. The van der Waals surface area contributed by atoms with Crippen molar-refractivity contribution in [2.45, 2.75) is 31.7 Å². The molecule has 3 rings (SSSR count). The van der Waals surface area contributed by atoms with Crippen molar-refractivity contribution in [2.24, 2.45) is 5.41 Å². The van der Waals surface area contributed by atoms with Gasteiger partial charge in [-0.3, -0.25) is 9.59 Å². The number of nitrogens with one attached hydrogen (secondary N) is 1. The lowest BCUT2D eigenvalue weighted by molar-refractivity contribution is -0.255. The number of hydrogen-bond acceptors (Lipinski definition) is 7. The lowest BCUT2D eigenvalue weighted by Gasteiger charge is -2.29. The van der Waals surface area contributed by atoms with E-state index >= 15 is 0 Å². The highest BCUT2D eigenvalue weighted by atomic mass is 32.2. The molecule has 1 aromatic heterocycles. The van der Waals surface area contributed by atoms with Crippen molar-refractivity contribution in [3.63, 3.8) is 0 Å². The first-order valence-corrected chi connectivity index (χ1v) is 9.88. The van der Waals surface area contributed by atoms with Crippen LogP contribution in [0.5, 0.6) is 0 Å². The molecular formula is C21H18N3O4S-. The van der Waals surface area contributed by atoms with Crippen molar-refractivity contribution in [1.29, 1.82) is 5.26 Å². The van der Waals surface area contributed by atoms with Gasteiger partial charge in [0.1, 0.15) is 11.1 Å². The summed E-state index contributed by atoms with van der Waals surface area (Å²) in [6.45, 7) is 4.00. The number of fused-ring (bicyclic) bond motifs is 1. The molecule has 0 saturated heterocycles. The number of thioether (sulfide) groups is 1. The average Bonchev–Trinajstić information content (AvgIpc) is 2.65. The summed E-state index contributed by atoms with van der Waals surface area (Å²) in [7, 11) is 0.